The van der Waals surface area contributed by atoms with Crippen molar-refractivity contribution in [3.63, 3.8) is 0 Å². The third-order valence-electron chi connectivity index (χ3n) is 4.63. The third-order valence-corrected chi connectivity index (χ3v) is 5.93. The number of aromatic carboxylic acids is 1. The van der Waals surface area contributed by atoms with Gasteiger partial charge in [0, 0.05) is 36.7 Å². The Balaban J connectivity index is 1.71. The van der Waals surface area contributed by atoms with Gasteiger partial charge in [0.15, 0.2) is 0 Å². The van der Waals surface area contributed by atoms with E-state index in [0.717, 1.165) is 25.0 Å². The quantitative estimate of drug-likeness (QED) is 0.858. The Bertz CT molecular complexity index is 906. The van der Waals surface area contributed by atoms with Crippen molar-refractivity contribution in [2.75, 3.05) is 19.3 Å². The number of pyridine rings is 2. The normalized spacial score (nSPS) is 16.5. The first-order valence-electron chi connectivity index (χ1n) is 8.42. The number of sulfonamides is 1. The van der Waals surface area contributed by atoms with Crippen LogP contribution >= 0.6 is 0 Å². The van der Waals surface area contributed by atoms with Crippen molar-refractivity contribution in [2.24, 2.45) is 5.92 Å². The smallest absolute Gasteiger partial charge is 0.337 e. The minimum Gasteiger partial charge on any atom is -0.478 e. The van der Waals surface area contributed by atoms with Crippen molar-refractivity contribution in [1.82, 2.24) is 14.3 Å². The first kappa shape index (κ1) is 18.5. The summed E-state index contributed by atoms with van der Waals surface area (Å²) in [5.74, 6) is -0.632. The molecule has 0 aliphatic carbocycles. The fraction of sp³-hybridized carbons (Fsp3) is 0.389. The summed E-state index contributed by atoms with van der Waals surface area (Å²) in [5, 5.41) is 9.10. The van der Waals surface area contributed by atoms with E-state index in [0.29, 0.717) is 30.3 Å². The molecule has 1 fully saturated rings. The molecule has 1 aliphatic rings. The Labute approximate surface area is 152 Å². The van der Waals surface area contributed by atoms with Crippen LogP contribution in [0, 0.1) is 5.92 Å². The lowest BCUT2D eigenvalue weighted by molar-refractivity contribution is 0.0696. The Morgan fingerprint density at radius 2 is 2.00 bits per heavy atom. The number of aromatic nitrogens is 2. The first-order valence-corrected chi connectivity index (χ1v) is 10.3. The SMILES string of the molecule is CS(=O)(=O)N1CCC(Cc2cccc(-c3cncc(C(=O)O)c3)n2)CC1. The monoisotopic (exact) mass is 375 g/mol. The van der Waals surface area contributed by atoms with Crippen molar-refractivity contribution in [2.45, 2.75) is 19.3 Å². The second-order valence-electron chi connectivity index (χ2n) is 6.59. The summed E-state index contributed by atoms with van der Waals surface area (Å²) in [6.45, 7) is 1.10. The van der Waals surface area contributed by atoms with Gasteiger partial charge in [0.25, 0.3) is 0 Å². The largest absolute Gasteiger partial charge is 0.478 e. The number of carboxylic acid groups (broad SMARTS) is 1. The molecular weight excluding hydrogens is 354 g/mol. The highest BCUT2D eigenvalue weighted by atomic mass is 32.2. The van der Waals surface area contributed by atoms with Gasteiger partial charge in [-0.3, -0.25) is 9.97 Å². The topological polar surface area (TPSA) is 100 Å². The fourth-order valence-electron chi connectivity index (χ4n) is 3.19. The van der Waals surface area contributed by atoms with Gasteiger partial charge in [0.2, 0.25) is 10.0 Å². The molecule has 0 bridgehead atoms. The van der Waals surface area contributed by atoms with Gasteiger partial charge in [-0.25, -0.2) is 17.5 Å². The van der Waals surface area contributed by atoms with Crippen molar-refractivity contribution in [3.8, 4) is 11.3 Å². The lowest BCUT2D eigenvalue weighted by Crippen LogP contribution is -2.38. The van der Waals surface area contributed by atoms with Crippen LogP contribution in [0.25, 0.3) is 11.3 Å². The molecule has 26 heavy (non-hydrogen) atoms. The van der Waals surface area contributed by atoms with Crippen LogP contribution in [0.1, 0.15) is 28.9 Å². The summed E-state index contributed by atoms with van der Waals surface area (Å²) < 4.78 is 24.7. The molecule has 0 radical (unpaired) electrons. The summed E-state index contributed by atoms with van der Waals surface area (Å²) in [4.78, 5) is 19.7. The molecule has 1 aliphatic heterocycles. The van der Waals surface area contributed by atoms with E-state index < -0.39 is 16.0 Å². The number of piperidine rings is 1. The van der Waals surface area contributed by atoms with E-state index in [1.165, 1.54) is 16.8 Å². The van der Waals surface area contributed by atoms with E-state index in [1.54, 1.807) is 12.3 Å². The number of carboxylic acids is 1. The Hall–Kier alpha value is -2.32. The van der Waals surface area contributed by atoms with Gasteiger partial charge in [-0.15, -0.1) is 0 Å². The summed E-state index contributed by atoms with van der Waals surface area (Å²) in [6, 6.07) is 7.24. The van der Waals surface area contributed by atoms with Crippen molar-refractivity contribution < 1.29 is 18.3 Å². The highest BCUT2D eigenvalue weighted by Crippen LogP contribution is 2.24. The van der Waals surface area contributed by atoms with E-state index >= 15 is 0 Å². The van der Waals surface area contributed by atoms with E-state index in [1.807, 2.05) is 18.2 Å². The Kier molecular flexibility index (Phi) is 5.33. The Morgan fingerprint density at radius 1 is 1.27 bits per heavy atom. The van der Waals surface area contributed by atoms with Crippen LogP contribution < -0.4 is 0 Å². The molecule has 1 saturated heterocycles. The summed E-state index contributed by atoms with van der Waals surface area (Å²) in [6.07, 6.45) is 6.56. The van der Waals surface area contributed by atoms with Crippen LogP contribution in [0.5, 0.6) is 0 Å². The predicted octanol–water partition coefficient (Wildman–Crippen LogP) is 2.06. The highest BCUT2D eigenvalue weighted by Gasteiger charge is 2.25. The molecule has 2 aromatic rings. The lowest BCUT2D eigenvalue weighted by Gasteiger charge is -2.30. The maximum absolute atomic E-state index is 11.6. The van der Waals surface area contributed by atoms with E-state index in [4.69, 9.17) is 5.11 Å². The van der Waals surface area contributed by atoms with Crippen LogP contribution in [0.2, 0.25) is 0 Å². The fourth-order valence-corrected chi connectivity index (χ4v) is 4.07. The molecule has 3 heterocycles. The maximum Gasteiger partial charge on any atom is 0.337 e. The van der Waals surface area contributed by atoms with Crippen molar-refractivity contribution in [1.29, 1.82) is 0 Å². The van der Waals surface area contributed by atoms with Crippen molar-refractivity contribution >= 4 is 16.0 Å². The van der Waals surface area contributed by atoms with Gasteiger partial charge < -0.3 is 5.11 Å². The maximum atomic E-state index is 11.6. The molecule has 0 saturated carbocycles. The predicted molar refractivity (Wildman–Crippen MR) is 97.3 cm³/mol. The van der Waals surface area contributed by atoms with Crippen LogP contribution in [0.15, 0.2) is 36.7 Å². The van der Waals surface area contributed by atoms with Gasteiger partial charge in [-0.1, -0.05) is 6.07 Å². The summed E-state index contributed by atoms with van der Waals surface area (Å²) >= 11 is 0. The zero-order valence-corrected chi connectivity index (χ0v) is 15.3. The zero-order valence-electron chi connectivity index (χ0n) is 14.5. The number of rotatable bonds is 5. The van der Waals surface area contributed by atoms with Crippen molar-refractivity contribution in [3.05, 3.63) is 47.9 Å². The minimum atomic E-state index is -3.11. The second-order valence-corrected chi connectivity index (χ2v) is 8.57. The average Bonchev–Trinajstić information content (AvgIpc) is 2.62. The molecule has 138 valence electrons. The lowest BCUT2D eigenvalue weighted by atomic mass is 9.93. The van der Waals surface area contributed by atoms with Crippen LogP contribution in [0.4, 0.5) is 0 Å². The van der Waals surface area contributed by atoms with Crippen LogP contribution in [-0.2, 0) is 16.4 Å². The van der Waals surface area contributed by atoms with Crippen LogP contribution in [0.3, 0.4) is 0 Å². The van der Waals surface area contributed by atoms with Gasteiger partial charge in [-0.05, 0) is 43.4 Å². The Morgan fingerprint density at radius 3 is 2.65 bits per heavy atom. The number of hydrogen-bond donors (Lipinski definition) is 1. The van der Waals surface area contributed by atoms with E-state index in [9.17, 15) is 13.2 Å². The van der Waals surface area contributed by atoms with E-state index in [-0.39, 0.29) is 5.56 Å². The molecule has 0 amide bonds. The van der Waals surface area contributed by atoms with Gasteiger partial charge in [0.05, 0.1) is 17.5 Å². The standard InChI is InChI=1S/C18H21N3O4S/c1-26(24,25)21-7-5-13(6-8-21)9-16-3-2-4-17(20-16)14-10-15(18(22)23)12-19-11-14/h2-4,10-13H,5-9H2,1H3,(H,22,23). The molecular formula is C18H21N3O4S. The molecule has 1 N–H and O–H groups in total. The van der Waals surface area contributed by atoms with E-state index in [2.05, 4.69) is 9.97 Å². The number of carbonyl (C=O) groups is 1. The molecule has 0 spiro atoms. The summed E-state index contributed by atoms with van der Waals surface area (Å²) in [5.41, 5.74) is 2.40. The number of nitrogens with zero attached hydrogens (tertiary/aromatic N) is 3. The average molecular weight is 375 g/mol. The molecule has 0 unspecified atom stereocenters. The minimum absolute atomic E-state index is 0.128. The molecule has 7 nitrogen and oxygen atoms in total. The molecule has 2 aromatic heterocycles. The zero-order chi connectivity index (χ0) is 18.7. The summed E-state index contributed by atoms with van der Waals surface area (Å²) in [7, 11) is -3.11. The van der Waals surface area contributed by atoms with Crippen LogP contribution in [-0.4, -0.2) is 53.1 Å². The molecule has 8 heteroatoms. The van der Waals surface area contributed by atoms with Gasteiger partial charge >= 0.3 is 5.97 Å². The third kappa shape index (κ3) is 4.44. The molecule has 0 atom stereocenters. The van der Waals surface area contributed by atoms with Gasteiger partial charge in [0.1, 0.15) is 0 Å². The van der Waals surface area contributed by atoms with Gasteiger partial charge in [-0.2, -0.15) is 0 Å². The second kappa shape index (κ2) is 7.51. The molecule has 3 rings (SSSR count). The first-order chi connectivity index (χ1) is 12.3. The highest BCUT2D eigenvalue weighted by molar-refractivity contribution is 7.88. The molecule has 0 aromatic carbocycles. The number of hydrogen-bond acceptors (Lipinski definition) is 5.